The monoisotopic (exact) mass is 291 g/mol. The fraction of sp³-hybridized carbons (Fsp3) is 0.154. The van der Waals surface area contributed by atoms with Crippen LogP contribution in [0.5, 0.6) is 0 Å². The number of rotatable bonds is 4. The summed E-state index contributed by atoms with van der Waals surface area (Å²) in [5.41, 5.74) is 0.690. The maximum atomic E-state index is 12.0. The first-order chi connectivity index (χ1) is 9.62. The lowest BCUT2D eigenvalue weighted by atomic mass is 10.2. The summed E-state index contributed by atoms with van der Waals surface area (Å²) in [6.07, 6.45) is 3.37. The largest absolute Gasteiger partial charge is 0.395 e. The van der Waals surface area contributed by atoms with Crippen molar-refractivity contribution in [2.45, 2.75) is 11.3 Å². The van der Waals surface area contributed by atoms with E-state index in [1.807, 2.05) is 0 Å². The van der Waals surface area contributed by atoms with Crippen LogP contribution in [0.2, 0.25) is 0 Å². The molecule has 1 aromatic heterocycles. The number of hydrogen-bond donors (Lipinski definition) is 3. The zero-order chi connectivity index (χ0) is 14.4. The Kier molecular flexibility index (Phi) is 4.40. The van der Waals surface area contributed by atoms with Crippen LogP contribution in [0.4, 0.5) is 5.95 Å². The molecule has 7 heteroatoms. The second-order valence-corrected chi connectivity index (χ2v) is 5.53. The van der Waals surface area contributed by atoms with Gasteiger partial charge in [0.15, 0.2) is 0 Å². The van der Waals surface area contributed by atoms with Crippen molar-refractivity contribution in [3.8, 4) is 11.8 Å². The van der Waals surface area contributed by atoms with Gasteiger partial charge in [-0.2, -0.15) is 0 Å². The van der Waals surface area contributed by atoms with Crippen molar-refractivity contribution < 1.29 is 13.5 Å². The zero-order valence-electron chi connectivity index (χ0n) is 10.5. The molecule has 1 heterocycles. The molecule has 0 atom stereocenters. The van der Waals surface area contributed by atoms with Gasteiger partial charge in [0.1, 0.15) is 0 Å². The number of aliphatic hydroxyl groups is 1. The molecular weight excluding hydrogens is 278 g/mol. The Bertz CT molecular complexity index is 710. The summed E-state index contributed by atoms with van der Waals surface area (Å²) in [6, 6.07) is 6.16. The number of benzene rings is 1. The lowest BCUT2D eigenvalue weighted by Crippen LogP contribution is -2.13. The minimum atomic E-state index is -3.66. The van der Waals surface area contributed by atoms with E-state index >= 15 is 0 Å². The summed E-state index contributed by atoms with van der Waals surface area (Å²) in [5.74, 6) is 5.76. The Morgan fingerprint density at radius 3 is 2.65 bits per heavy atom. The van der Waals surface area contributed by atoms with Crippen LogP contribution in [0.15, 0.2) is 41.6 Å². The molecule has 0 fully saturated rings. The number of aromatic amines is 1. The molecule has 1 aromatic carbocycles. The van der Waals surface area contributed by atoms with E-state index < -0.39 is 10.0 Å². The Morgan fingerprint density at radius 2 is 2.05 bits per heavy atom. The van der Waals surface area contributed by atoms with Crippen LogP contribution >= 0.6 is 0 Å². The summed E-state index contributed by atoms with van der Waals surface area (Å²) < 4.78 is 26.4. The highest BCUT2D eigenvalue weighted by molar-refractivity contribution is 7.92. The van der Waals surface area contributed by atoms with Gasteiger partial charge in [0.2, 0.25) is 5.95 Å². The molecule has 0 aliphatic rings. The van der Waals surface area contributed by atoms with E-state index in [2.05, 4.69) is 26.5 Å². The van der Waals surface area contributed by atoms with E-state index in [4.69, 9.17) is 5.11 Å². The second-order valence-electron chi connectivity index (χ2n) is 3.84. The fourth-order valence-electron chi connectivity index (χ4n) is 1.45. The maximum Gasteiger partial charge on any atom is 0.264 e. The van der Waals surface area contributed by atoms with Crippen molar-refractivity contribution >= 4 is 16.0 Å². The molecule has 0 aliphatic carbocycles. The standard InChI is InChI=1S/C13H13N3O3S/c17-10-2-1-3-11-4-6-12(7-5-11)20(18,19)16-13-14-8-9-15-13/h4-9,17H,2,10H2,(H2,14,15,16). The third kappa shape index (κ3) is 3.60. The SMILES string of the molecule is O=S(=O)(Nc1ncc[nH]1)c1ccc(C#CCCO)cc1. The Hall–Kier alpha value is -2.30. The summed E-state index contributed by atoms with van der Waals surface area (Å²) in [5, 5.41) is 8.62. The number of sulfonamides is 1. The molecule has 0 radical (unpaired) electrons. The predicted molar refractivity (Wildman–Crippen MR) is 74.4 cm³/mol. The van der Waals surface area contributed by atoms with Gasteiger partial charge in [-0.25, -0.2) is 18.1 Å². The van der Waals surface area contributed by atoms with Crippen LogP contribution in [0.25, 0.3) is 0 Å². The molecular formula is C13H13N3O3S. The molecule has 2 rings (SSSR count). The summed E-state index contributed by atoms with van der Waals surface area (Å²) in [7, 11) is -3.66. The van der Waals surface area contributed by atoms with Crippen LogP contribution in [-0.4, -0.2) is 30.1 Å². The minimum Gasteiger partial charge on any atom is -0.395 e. The third-order valence-corrected chi connectivity index (χ3v) is 3.72. The molecule has 0 bridgehead atoms. The first-order valence-electron chi connectivity index (χ1n) is 5.84. The van der Waals surface area contributed by atoms with E-state index in [0.717, 1.165) is 0 Å². The van der Waals surface area contributed by atoms with E-state index in [-0.39, 0.29) is 17.5 Å². The number of imidazole rings is 1. The summed E-state index contributed by atoms with van der Waals surface area (Å²) in [4.78, 5) is 6.59. The number of aliphatic hydroxyl groups excluding tert-OH is 1. The number of aromatic nitrogens is 2. The van der Waals surface area contributed by atoms with E-state index in [9.17, 15) is 8.42 Å². The van der Waals surface area contributed by atoms with Crippen molar-refractivity contribution in [2.75, 3.05) is 11.3 Å². The zero-order valence-corrected chi connectivity index (χ0v) is 11.3. The average Bonchev–Trinajstić information content (AvgIpc) is 2.92. The molecule has 3 N–H and O–H groups in total. The minimum absolute atomic E-state index is 0.00648. The van der Waals surface area contributed by atoms with Crippen LogP contribution in [0, 0.1) is 11.8 Å². The lowest BCUT2D eigenvalue weighted by Gasteiger charge is -2.05. The highest BCUT2D eigenvalue weighted by Crippen LogP contribution is 2.13. The quantitative estimate of drug-likeness (QED) is 0.731. The average molecular weight is 291 g/mol. The van der Waals surface area contributed by atoms with Gasteiger partial charge in [-0.3, -0.25) is 0 Å². The van der Waals surface area contributed by atoms with Crippen molar-refractivity contribution in [3.05, 3.63) is 42.2 Å². The van der Waals surface area contributed by atoms with Gasteiger partial charge in [-0.1, -0.05) is 11.8 Å². The van der Waals surface area contributed by atoms with Crippen LogP contribution in [0.3, 0.4) is 0 Å². The Balaban J connectivity index is 2.15. The van der Waals surface area contributed by atoms with Gasteiger partial charge in [-0.05, 0) is 24.3 Å². The van der Waals surface area contributed by atoms with E-state index in [1.54, 1.807) is 12.1 Å². The van der Waals surface area contributed by atoms with E-state index in [0.29, 0.717) is 12.0 Å². The van der Waals surface area contributed by atoms with Crippen molar-refractivity contribution in [1.82, 2.24) is 9.97 Å². The molecule has 0 unspecified atom stereocenters. The van der Waals surface area contributed by atoms with Crippen LogP contribution in [0.1, 0.15) is 12.0 Å². The van der Waals surface area contributed by atoms with Gasteiger partial charge >= 0.3 is 0 Å². The molecule has 2 aromatic rings. The van der Waals surface area contributed by atoms with Crippen molar-refractivity contribution in [3.63, 3.8) is 0 Å². The number of nitrogens with one attached hydrogen (secondary N) is 2. The maximum absolute atomic E-state index is 12.0. The fourth-order valence-corrected chi connectivity index (χ4v) is 2.42. The summed E-state index contributed by atoms with van der Waals surface area (Å²) in [6.45, 7) is 0.00648. The third-order valence-electron chi connectivity index (χ3n) is 2.36. The Morgan fingerprint density at radius 1 is 1.30 bits per heavy atom. The molecule has 0 aliphatic heterocycles. The second kappa shape index (κ2) is 6.23. The lowest BCUT2D eigenvalue weighted by molar-refractivity contribution is 0.305. The van der Waals surface area contributed by atoms with Gasteiger partial charge in [0.25, 0.3) is 10.0 Å². The molecule has 0 saturated heterocycles. The molecule has 6 nitrogen and oxygen atoms in total. The van der Waals surface area contributed by atoms with Crippen molar-refractivity contribution in [2.24, 2.45) is 0 Å². The van der Waals surface area contributed by atoms with Gasteiger partial charge in [0, 0.05) is 24.4 Å². The van der Waals surface area contributed by atoms with Crippen LogP contribution < -0.4 is 4.72 Å². The van der Waals surface area contributed by atoms with Crippen LogP contribution in [-0.2, 0) is 10.0 Å². The number of H-pyrrole nitrogens is 1. The van der Waals surface area contributed by atoms with Gasteiger partial charge in [-0.15, -0.1) is 0 Å². The molecule has 0 saturated carbocycles. The predicted octanol–water partition coefficient (Wildman–Crippen LogP) is 0.944. The smallest absolute Gasteiger partial charge is 0.264 e. The molecule has 0 amide bonds. The highest BCUT2D eigenvalue weighted by Gasteiger charge is 2.14. The number of hydrogen-bond acceptors (Lipinski definition) is 4. The van der Waals surface area contributed by atoms with Gasteiger partial charge < -0.3 is 10.1 Å². The first kappa shape index (κ1) is 14.1. The van der Waals surface area contributed by atoms with E-state index in [1.165, 1.54) is 24.5 Å². The van der Waals surface area contributed by atoms with Crippen molar-refractivity contribution in [1.29, 1.82) is 0 Å². The number of nitrogens with zero attached hydrogens (tertiary/aromatic N) is 1. The molecule has 0 spiro atoms. The molecule has 104 valence electrons. The van der Waals surface area contributed by atoms with Gasteiger partial charge in [0.05, 0.1) is 11.5 Å². The Labute approximate surface area is 116 Å². The molecule has 20 heavy (non-hydrogen) atoms. The topological polar surface area (TPSA) is 95.1 Å². The first-order valence-corrected chi connectivity index (χ1v) is 7.32. The summed E-state index contributed by atoms with van der Waals surface area (Å²) >= 11 is 0. The normalized spacial score (nSPS) is 10.7. The number of anilines is 1. The highest BCUT2D eigenvalue weighted by atomic mass is 32.2.